The molecule has 2 heterocycles. The molecule has 2 aromatic rings. The molecule has 6 heteroatoms. The molecule has 3 rings (SSSR count). The maximum atomic E-state index is 14.0. The number of halogens is 1. The summed E-state index contributed by atoms with van der Waals surface area (Å²) < 4.78 is 21.2. The Balaban J connectivity index is 1.78. The topological polar surface area (TPSA) is 63.0 Å². The molecule has 1 aliphatic carbocycles. The number of methoxy groups -OCH3 is 1. The minimum atomic E-state index is -1.22. The number of ether oxygens (including phenoxy) is 1. The fraction of sp³-hybridized carbons (Fsp3) is 0.571. The average Bonchev–Trinajstić information content (AvgIpc) is 3.01. The van der Waals surface area contributed by atoms with E-state index in [1.165, 1.54) is 0 Å². The highest BCUT2D eigenvalue weighted by Crippen LogP contribution is 2.36. The molecule has 0 aromatic carbocycles. The minimum absolute atomic E-state index is 0.137. The summed E-state index contributed by atoms with van der Waals surface area (Å²) >= 11 is 0. The fourth-order valence-corrected chi connectivity index (χ4v) is 3.83. The lowest BCUT2D eigenvalue weighted by Gasteiger charge is -2.37. The van der Waals surface area contributed by atoms with Gasteiger partial charge in [0, 0.05) is 32.0 Å². The molecule has 0 radical (unpaired) electrons. The lowest BCUT2D eigenvalue weighted by atomic mass is 9.78. The number of amides is 1. The Morgan fingerprint density at radius 2 is 2.07 bits per heavy atom. The van der Waals surface area contributed by atoms with Gasteiger partial charge in [0.15, 0.2) is 0 Å². The van der Waals surface area contributed by atoms with E-state index in [-0.39, 0.29) is 12.5 Å². The van der Waals surface area contributed by atoms with Crippen LogP contribution in [0.4, 0.5) is 4.39 Å². The van der Waals surface area contributed by atoms with Crippen molar-refractivity contribution < 1.29 is 19.0 Å². The Morgan fingerprint density at radius 3 is 2.74 bits per heavy atom. The van der Waals surface area contributed by atoms with Gasteiger partial charge in [0.05, 0.1) is 23.3 Å². The van der Waals surface area contributed by atoms with Crippen LogP contribution >= 0.6 is 0 Å². The van der Waals surface area contributed by atoms with E-state index in [1.807, 2.05) is 35.7 Å². The normalized spacial score (nSPS) is 25.7. The van der Waals surface area contributed by atoms with E-state index < -0.39 is 11.3 Å². The molecule has 1 fully saturated rings. The molecule has 1 aliphatic rings. The number of aliphatic hydroxyl groups is 1. The fourth-order valence-electron chi connectivity index (χ4n) is 3.83. The van der Waals surface area contributed by atoms with Crippen molar-refractivity contribution in [3.63, 3.8) is 0 Å². The number of nitrogens with one attached hydrogen (secondary N) is 1. The van der Waals surface area contributed by atoms with Crippen LogP contribution in [0.3, 0.4) is 0 Å². The highest BCUT2D eigenvalue weighted by Gasteiger charge is 2.39. The summed E-state index contributed by atoms with van der Waals surface area (Å²) in [6.45, 7) is 4.26. The highest BCUT2D eigenvalue weighted by atomic mass is 19.1. The van der Waals surface area contributed by atoms with Crippen LogP contribution in [0.15, 0.2) is 24.4 Å². The maximum absolute atomic E-state index is 14.0. The number of fused-ring (bicyclic) bond motifs is 1. The van der Waals surface area contributed by atoms with E-state index in [4.69, 9.17) is 4.74 Å². The van der Waals surface area contributed by atoms with Crippen LogP contribution in [0.25, 0.3) is 5.52 Å². The summed E-state index contributed by atoms with van der Waals surface area (Å²) in [6.07, 6.45) is 3.99. The third-order valence-corrected chi connectivity index (χ3v) is 5.68. The summed E-state index contributed by atoms with van der Waals surface area (Å²) in [4.78, 5) is 12.9. The lowest BCUT2D eigenvalue weighted by Crippen LogP contribution is -2.47. The third-order valence-electron chi connectivity index (χ3n) is 5.68. The summed E-state index contributed by atoms with van der Waals surface area (Å²) in [5.41, 5.74) is 1.22. The molecule has 0 bridgehead atoms. The Hall–Kier alpha value is -1.92. The second-order valence-electron chi connectivity index (χ2n) is 8.02. The van der Waals surface area contributed by atoms with E-state index in [2.05, 4.69) is 5.32 Å². The van der Waals surface area contributed by atoms with E-state index in [1.54, 1.807) is 14.0 Å². The molecule has 148 valence electrons. The highest BCUT2D eigenvalue weighted by molar-refractivity contribution is 6.02. The Bertz CT molecular complexity index is 818. The zero-order chi connectivity index (χ0) is 19.7. The van der Waals surface area contributed by atoms with Crippen LogP contribution in [0, 0.1) is 6.92 Å². The van der Waals surface area contributed by atoms with Crippen LogP contribution in [0.2, 0.25) is 0 Å². The molecule has 0 spiro atoms. The van der Waals surface area contributed by atoms with Gasteiger partial charge >= 0.3 is 0 Å². The number of aryl methyl sites for hydroxylation is 1. The number of nitrogens with zero attached hydrogens (tertiary/aromatic N) is 1. The van der Waals surface area contributed by atoms with Gasteiger partial charge in [0.2, 0.25) is 0 Å². The zero-order valence-electron chi connectivity index (χ0n) is 16.3. The predicted octanol–water partition coefficient (Wildman–Crippen LogP) is 3.20. The maximum Gasteiger partial charge on any atom is 0.253 e. The van der Waals surface area contributed by atoms with Crippen molar-refractivity contribution in [1.82, 2.24) is 9.72 Å². The van der Waals surface area contributed by atoms with Gasteiger partial charge in [-0.1, -0.05) is 6.07 Å². The van der Waals surface area contributed by atoms with Crippen LogP contribution in [0.5, 0.6) is 0 Å². The minimum Gasteiger partial charge on any atom is -0.388 e. The first-order valence-electron chi connectivity index (χ1n) is 9.53. The number of carbonyl (C=O) groups excluding carboxylic acids is 1. The zero-order valence-corrected chi connectivity index (χ0v) is 16.3. The van der Waals surface area contributed by atoms with Crippen molar-refractivity contribution >= 4 is 11.4 Å². The summed E-state index contributed by atoms with van der Waals surface area (Å²) in [5.74, 6) is -0.215. The number of hydrogen-bond acceptors (Lipinski definition) is 3. The molecule has 1 amide bonds. The van der Waals surface area contributed by atoms with Crippen LogP contribution < -0.4 is 5.32 Å². The molecule has 0 saturated heterocycles. The van der Waals surface area contributed by atoms with Gasteiger partial charge < -0.3 is 19.6 Å². The third kappa shape index (κ3) is 4.33. The summed E-state index contributed by atoms with van der Waals surface area (Å²) in [6, 6.07) is 5.82. The lowest BCUT2D eigenvalue weighted by molar-refractivity contribution is -0.0374. The molecule has 0 aliphatic heterocycles. The second kappa shape index (κ2) is 7.60. The summed E-state index contributed by atoms with van der Waals surface area (Å²) in [7, 11) is 1.65. The predicted molar refractivity (Wildman–Crippen MR) is 103 cm³/mol. The van der Waals surface area contributed by atoms with Gasteiger partial charge in [-0.15, -0.1) is 0 Å². The first-order valence-corrected chi connectivity index (χ1v) is 9.53. The number of pyridine rings is 1. The molecule has 5 nitrogen and oxygen atoms in total. The van der Waals surface area contributed by atoms with Crippen molar-refractivity contribution in [1.29, 1.82) is 0 Å². The molecule has 2 aromatic heterocycles. The molecular weight excluding hydrogens is 347 g/mol. The van der Waals surface area contributed by atoms with E-state index in [0.717, 1.165) is 16.8 Å². The molecule has 0 atom stereocenters. The molecule has 2 N–H and O–H groups in total. The number of carbonyl (C=O) groups is 1. The van der Waals surface area contributed by atoms with Gasteiger partial charge in [0.1, 0.15) is 5.67 Å². The Morgan fingerprint density at radius 1 is 1.37 bits per heavy atom. The van der Waals surface area contributed by atoms with Crippen molar-refractivity contribution in [3.05, 3.63) is 41.2 Å². The van der Waals surface area contributed by atoms with Gasteiger partial charge in [-0.25, -0.2) is 4.39 Å². The van der Waals surface area contributed by atoms with Gasteiger partial charge in [-0.2, -0.15) is 0 Å². The number of hydrogen-bond donors (Lipinski definition) is 2. The Kier molecular flexibility index (Phi) is 5.58. The summed E-state index contributed by atoms with van der Waals surface area (Å²) in [5, 5.41) is 13.6. The van der Waals surface area contributed by atoms with E-state index in [9.17, 15) is 14.3 Å². The first-order chi connectivity index (χ1) is 12.7. The molecular formula is C21H29FN2O3. The number of alkyl halides is 1. The van der Waals surface area contributed by atoms with Gasteiger partial charge in [-0.3, -0.25) is 4.79 Å². The second-order valence-corrected chi connectivity index (χ2v) is 8.02. The molecule has 0 unspecified atom stereocenters. The van der Waals surface area contributed by atoms with Gasteiger partial charge in [-0.05, 0) is 57.2 Å². The molecule has 27 heavy (non-hydrogen) atoms. The monoisotopic (exact) mass is 376 g/mol. The van der Waals surface area contributed by atoms with Crippen molar-refractivity contribution in [2.45, 2.75) is 57.2 Å². The van der Waals surface area contributed by atoms with Crippen LogP contribution in [0.1, 0.15) is 54.2 Å². The largest absolute Gasteiger partial charge is 0.388 e. The van der Waals surface area contributed by atoms with Crippen LogP contribution in [-0.4, -0.2) is 46.9 Å². The molecule has 1 saturated carbocycles. The number of aromatic nitrogens is 1. The standard InChI is InChI=1S/C21H29FN2O3/c1-15-5-4-11-24-16(6-12-27-3)13-17(18(15)24)19(25)23-14-21(26)9-7-20(2,22)8-10-21/h4-5,11,13,26H,6-10,12,14H2,1-3H3,(H,23,25). The van der Waals surface area contributed by atoms with Crippen molar-refractivity contribution in [3.8, 4) is 0 Å². The van der Waals surface area contributed by atoms with Crippen molar-refractivity contribution in [2.75, 3.05) is 20.3 Å². The van der Waals surface area contributed by atoms with E-state index >= 15 is 0 Å². The van der Waals surface area contributed by atoms with Crippen LogP contribution in [-0.2, 0) is 11.2 Å². The first kappa shape index (κ1) is 19.8. The Labute approximate surface area is 159 Å². The quantitative estimate of drug-likeness (QED) is 0.814. The van der Waals surface area contributed by atoms with E-state index in [0.29, 0.717) is 44.3 Å². The SMILES string of the molecule is COCCc1cc(C(=O)NCC2(O)CCC(C)(F)CC2)c2c(C)cccn12. The average molecular weight is 376 g/mol. The smallest absolute Gasteiger partial charge is 0.253 e. The van der Waals surface area contributed by atoms with Crippen molar-refractivity contribution in [2.24, 2.45) is 0 Å². The van der Waals surface area contributed by atoms with Gasteiger partial charge in [0.25, 0.3) is 5.91 Å². The number of rotatable bonds is 6.